The normalized spacial score (nSPS) is 21.4. The van der Waals surface area contributed by atoms with Crippen LogP contribution in [0.5, 0.6) is 5.88 Å². The highest BCUT2D eigenvalue weighted by Gasteiger charge is 2.45. The average Bonchev–Trinajstić information content (AvgIpc) is 3.17. The van der Waals surface area contributed by atoms with Crippen molar-refractivity contribution in [1.82, 2.24) is 14.9 Å². The molecule has 37 heavy (non-hydrogen) atoms. The molecule has 0 aromatic carbocycles. The number of nitrogens with zero attached hydrogens (tertiary/aromatic N) is 3. The first-order valence-corrected chi connectivity index (χ1v) is 10.7. The van der Waals surface area contributed by atoms with E-state index in [4.69, 9.17) is 29.3 Å². The zero-order valence-electron chi connectivity index (χ0n) is 19.0. The summed E-state index contributed by atoms with van der Waals surface area (Å²) in [5.74, 6) is -4.84. The molecule has 4 rings (SSSR count). The first-order chi connectivity index (χ1) is 17.3. The molecule has 0 aliphatic carbocycles. The summed E-state index contributed by atoms with van der Waals surface area (Å²) >= 11 is 0. The van der Waals surface area contributed by atoms with E-state index in [9.17, 15) is 26.3 Å². The summed E-state index contributed by atoms with van der Waals surface area (Å²) in [4.78, 5) is 29.0. The molecule has 15 heteroatoms. The van der Waals surface area contributed by atoms with E-state index in [1.165, 1.54) is 0 Å². The van der Waals surface area contributed by atoms with Gasteiger partial charge in [-0.15, -0.1) is 0 Å². The standard InChI is InChI=1S/C18H21N3O2.2C2HF3O2/c1-3-9-19-14(6-1)12-21-13-16(18-15(21)7-5-11-22-18)23-17-8-2-4-10-20-17;2*3-2(4,5)1(6)7/h1-4,6,8-10,15-16,18H,5,7,11-13H2;2*(H,6,7)/t15-,16-,18+;;/m1../s1. The van der Waals surface area contributed by atoms with Crippen LogP contribution in [0, 0.1) is 0 Å². The summed E-state index contributed by atoms with van der Waals surface area (Å²) in [5.41, 5.74) is 1.09. The van der Waals surface area contributed by atoms with E-state index in [1.807, 2.05) is 36.5 Å². The molecule has 4 heterocycles. The van der Waals surface area contributed by atoms with Crippen LogP contribution < -0.4 is 4.74 Å². The number of rotatable bonds is 4. The van der Waals surface area contributed by atoms with Crippen molar-refractivity contribution in [3.05, 3.63) is 54.5 Å². The number of fused-ring (bicyclic) bond motifs is 1. The van der Waals surface area contributed by atoms with Crippen LogP contribution in [-0.2, 0) is 20.9 Å². The van der Waals surface area contributed by atoms with Gasteiger partial charge < -0.3 is 19.7 Å². The monoisotopic (exact) mass is 539 g/mol. The zero-order chi connectivity index (χ0) is 27.6. The summed E-state index contributed by atoms with van der Waals surface area (Å²) in [6.07, 6.45) is -4.15. The molecule has 204 valence electrons. The van der Waals surface area contributed by atoms with E-state index in [0.717, 1.165) is 38.2 Å². The summed E-state index contributed by atoms with van der Waals surface area (Å²) in [5, 5.41) is 14.2. The lowest BCUT2D eigenvalue weighted by atomic mass is 10.0. The van der Waals surface area contributed by atoms with Crippen LogP contribution in [0.25, 0.3) is 0 Å². The Morgan fingerprint density at radius 3 is 2.03 bits per heavy atom. The van der Waals surface area contributed by atoms with Crippen LogP contribution in [0.15, 0.2) is 48.8 Å². The largest absolute Gasteiger partial charge is 0.490 e. The number of carbonyl (C=O) groups is 2. The third-order valence-corrected chi connectivity index (χ3v) is 5.07. The van der Waals surface area contributed by atoms with E-state index in [1.54, 1.807) is 6.20 Å². The predicted octanol–water partition coefficient (Wildman–Crippen LogP) is 3.55. The van der Waals surface area contributed by atoms with Crippen molar-refractivity contribution in [3.8, 4) is 5.88 Å². The van der Waals surface area contributed by atoms with E-state index in [2.05, 4.69) is 20.9 Å². The Kier molecular flexibility index (Phi) is 10.6. The minimum absolute atomic E-state index is 0.0268. The number of pyridine rings is 2. The minimum atomic E-state index is -5.08. The fourth-order valence-corrected chi connectivity index (χ4v) is 3.56. The van der Waals surface area contributed by atoms with Crippen molar-refractivity contribution in [2.45, 2.75) is 50.0 Å². The highest BCUT2D eigenvalue weighted by Crippen LogP contribution is 2.32. The van der Waals surface area contributed by atoms with Crippen molar-refractivity contribution in [2.24, 2.45) is 0 Å². The Morgan fingerprint density at radius 2 is 1.54 bits per heavy atom. The van der Waals surface area contributed by atoms with Gasteiger partial charge in [0, 0.05) is 44.2 Å². The summed E-state index contributed by atoms with van der Waals surface area (Å²) in [7, 11) is 0. The molecule has 0 spiro atoms. The number of aromatic nitrogens is 2. The highest BCUT2D eigenvalue weighted by atomic mass is 19.4. The molecule has 2 N–H and O–H groups in total. The van der Waals surface area contributed by atoms with Gasteiger partial charge in [0.05, 0.1) is 5.69 Å². The van der Waals surface area contributed by atoms with Crippen molar-refractivity contribution >= 4 is 11.9 Å². The van der Waals surface area contributed by atoms with E-state index in [0.29, 0.717) is 11.9 Å². The number of carboxylic acid groups (broad SMARTS) is 2. The number of likely N-dealkylation sites (tertiary alicyclic amines) is 1. The molecule has 2 aromatic rings. The molecule has 2 saturated heterocycles. The van der Waals surface area contributed by atoms with Crippen LogP contribution in [0.2, 0.25) is 0 Å². The molecule has 0 unspecified atom stereocenters. The second kappa shape index (κ2) is 13.2. The first kappa shape index (κ1) is 29.8. The number of hydrogen-bond acceptors (Lipinski definition) is 7. The average molecular weight is 539 g/mol. The Morgan fingerprint density at radius 1 is 0.973 bits per heavy atom. The van der Waals surface area contributed by atoms with Gasteiger partial charge in [-0.3, -0.25) is 9.88 Å². The number of halogens is 6. The Hall–Kier alpha value is -3.46. The van der Waals surface area contributed by atoms with Gasteiger partial charge in [-0.25, -0.2) is 14.6 Å². The van der Waals surface area contributed by atoms with Crippen LogP contribution in [0.3, 0.4) is 0 Å². The molecule has 2 aliphatic rings. The topological polar surface area (TPSA) is 122 Å². The molecule has 2 fully saturated rings. The SMILES string of the molecule is O=C(O)C(F)(F)F.O=C(O)C(F)(F)F.c1ccc(CN2C[C@@H](Oc3ccccn3)[C@H]3OCCC[C@H]32)nc1. The zero-order valence-corrected chi connectivity index (χ0v) is 19.0. The van der Waals surface area contributed by atoms with Crippen LogP contribution in [0.1, 0.15) is 18.5 Å². The molecule has 9 nitrogen and oxygen atoms in total. The molecule has 0 amide bonds. The van der Waals surface area contributed by atoms with E-state index in [-0.39, 0.29) is 12.2 Å². The third-order valence-electron chi connectivity index (χ3n) is 5.07. The number of aliphatic carboxylic acids is 2. The van der Waals surface area contributed by atoms with Crippen LogP contribution >= 0.6 is 0 Å². The van der Waals surface area contributed by atoms with Gasteiger partial charge in [-0.05, 0) is 31.0 Å². The maximum atomic E-state index is 10.6. The lowest BCUT2D eigenvalue weighted by molar-refractivity contribution is -0.193. The Labute approximate surface area is 206 Å². The smallest absolute Gasteiger partial charge is 0.475 e. The van der Waals surface area contributed by atoms with Gasteiger partial charge in [0.25, 0.3) is 0 Å². The summed E-state index contributed by atoms with van der Waals surface area (Å²) in [6, 6.07) is 12.2. The molecule has 0 saturated carbocycles. The van der Waals surface area contributed by atoms with Gasteiger partial charge >= 0.3 is 24.3 Å². The van der Waals surface area contributed by atoms with E-state index >= 15 is 0 Å². The lowest BCUT2D eigenvalue weighted by Crippen LogP contribution is -2.42. The molecule has 0 radical (unpaired) electrons. The van der Waals surface area contributed by atoms with Crippen molar-refractivity contribution in [2.75, 3.05) is 13.2 Å². The molecule has 2 aromatic heterocycles. The minimum Gasteiger partial charge on any atom is -0.475 e. The molecular formula is C22H23F6N3O6. The van der Waals surface area contributed by atoms with Crippen LogP contribution in [-0.4, -0.2) is 80.8 Å². The summed E-state index contributed by atoms with van der Waals surface area (Å²) < 4.78 is 75.6. The van der Waals surface area contributed by atoms with Gasteiger partial charge in [0.15, 0.2) is 0 Å². The number of alkyl halides is 6. The van der Waals surface area contributed by atoms with Crippen LogP contribution in [0.4, 0.5) is 26.3 Å². The van der Waals surface area contributed by atoms with Crippen molar-refractivity contribution < 1.29 is 55.6 Å². The number of ether oxygens (including phenoxy) is 2. The highest BCUT2D eigenvalue weighted by molar-refractivity contribution is 5.73. The van der Waals surface area contributed by atoms with Gasteiger partial charge in [-0.1, -0.05) is 12.1 Å². The van der Waals surface area contributed by atoms with Gasteiger partial charge in [0.2, 0.25) is 5.88 Å². The van der Waals surface area contributed by atoms with Crippen molar-refractivity contribution in [3.63, 3.8) is 0 Å². The molecular weight excluding hydrogens is 516 g/mol. The lowest BCUT2D eigenvalue weighted by Gasteiger charge is -2.32. The summed E-state index contributed by atoms with van der Waals surface area (Å²) in [6.45, 7) is 2.51. The Balaban J connectivity index is 0.000000286. The fourth-order valence-electron chi connectivity index (χ4n) is 3.56. The van der Waals surface area contributed by atoms with Crippen molar-refractivity contribution in [1.29, 1.82) is 0 Å². The fraction of sp³-hybridized carbons (Fsp3) is 0.455. The predicted molar refractivity (Wildman–Crippen MR) is 113 cm³/mol. The Bertz CT molecular complexity index is 914. The first-order valence-electron chi connectivity index (χ1n) is 10.7. The molecule has 3 atom stereocenters. The second-order valence-corrected chi connectivity index (χ2v) is 7.73. The maximum Gasteiger partial charge on any atom is 0.490 e. The van der Waals surface area contributed by atoms with Gasteiger partial charge in [0.1, 0.15) is 12.2 Å². The maximum absolute atomic E-state index is 10.6. The second-order valence-electron chi connectivity index (χ2n) is 7.73. The molecule has 2 aliphatic heterocycles. The quantitative estimate of drug-likeness (QED) is 0.562. The number of carboxylic acids is 2. The third kappa shape index (κ3) is 9.84. The van der Waals surface area contributed by atoms with Gasteiger partial charge in [-0.2, -0.15) is 26.3 Å². The number of hydrogen-bond donors (Lipinski definition) is 2. The van der Waals surface area contributed by atoms with E-state index < -0.39 is 24.3 Å². The molecule has 0 bridgehead atoms.